The van der Waals surface area contributed by atoms with Gasteiger partial charge in [-0.2, -0.15) is 0 Å². The van der Waals surface area contributed by atoms with Gasteiger partial charge in [-0.1, -0.05) is 26.0 Å². The first-order chi connectivity index (χ1) is 10.5. The second kappa shape index (κ2) is 5.31. The van der Waals surface area contributed by atoms with Gasteiger partial charge in [0.05, 0.1) is 14.2 Å². The van der Waals surface area contributed by atoms with Gasteiger partial charge in [-0.15, -0.1) is 0 Å². The molecule has 1 aromatic rings. The molecule has 0 amide bonds. The lowest BCUT2D eigenvalue weighted by molar-refractivity contribution is -0.133. The Labute approximate surface area is 131 Å². The van der Waals surface area contributed by atoms with E-state index in [1.807, 2.05) is 30.4 Å². The van der Waals surface area contributed by atoms with Crippen molar-refractivity contribution in [1.29, 1.82) is 0 Å². The highest BCUT2D eigenvalue weighted by molar-refractivity contribution is 5.96. The van der Waals surface area contributed by atoms with Crippen LogP contribution in [0.5, 0.6) is 11.5 Å². The summed E-state index contributed by atoms with van der Waals surface area (Å²) in [4.78, 5) is 12.1. The van der Waals surface area contributed by atoms with E-state index in [1.165, 1.54) is 0 Å². The quantitative estimate of drug-likeness (QED) is 0.846. The van der Waals surface area contributed by atoms with Crippen LogP contribution in [-0.4, -0.2) is 20.0 Å². The van der Waals surface area contributed by atoms with Gasteiger partial charge in [0.25, 0.3) is 0 Å². The maximum Gasteiger partial charge on any atom is 0.159 e. The van der Waals surface area contributed by atoms with Gasteiger partial charge in [-0.25, -0.2) is 0 Å². The summed E-state index contributed by atoms with van der Waals surface area (Å²) >= 11 is 0. The Hall–Kier alpha value is -2.03. The molecule has 1 saturated carbocycles. The number of hydrogen-bond acceptors (Lipinski definition) is 3. The number of allylic oxidation sites excluding steroid dienone is 3. The highest BCUT2D eigenvalue weighted by Crippen LogP contribution is 2.58. The van der Waals surface area contributed by atoms with Gasteiger partial charge in [-0.05, 0) is 41.5 Å². The van der Waals surface area contributed by atoms with Crippen LogP contribution < -0.4 is 9.47 Å². The van der Waals surface area contributed by atoms with E-state index in [0.29, 0.717) is 5.92 Å². The zero-order valence-corrected chi connectivity index (χ0v) is 13.6. The molecule has 0 spiro atoms. The Morgan fingerprint density at radius 3 is 2.50 bits per heavy atom. The van der Waals surface area contributed by atoms with Crippen molar-refractivity contribution in [2.24, 2.45) is 17.3 Å². The maximum absolute atomic E-state index is 12.1. The molecule has 0 unspecified atom stereocenters. The van der Waals surface area contributed by atoms with Crippen LogP contribution >= 0.6 is 0 Å². The van der Waals surface area contributed by atoms with Crippen molar-refractivity contribution in [1.82, 2.24) is 0 Å². The molecule has 0 saturated heterocycles. The Morgan fingerprint density at radius 1 is 1.14 bits per heavy atom. The third-order valence-corrected chi connectivity index (χ3v) is 5.22. The van der Waals surface area contributed by atoms with E-state index >= 15 is 0 Å². The summed E-state index contributed by atoms with van der Waals surface area (Å²) in [6, 6.07) is 5.74. The summed E-state index contributed by atoms with van der Waals surface area (Å²) < 4.78 is 10.6. The van der Waals surface area contributed by atoms with Gasteiger partial charge in [0.2, 0.25) is 0 Å². The number of benzene rings is 1. The monoisotopic (exact) mass is 298 g/mol. The van der Waals surface area contributed by atoms with Gasteiger partial charge in [0.1, 0.15) is 11.5 Å². The Morgan fingerprint density at radius 2 is 1.91 bits per heavy atom. The van der Waals surface area contributed by atoms with Crippen molar-refractivity contribution in [2.75, 3.05) is 14.2 Å². The van der Waals surface area contributed by atoms with E-state index in [4.69, 9.17) is 9.47 Å². The molecule has 3 aliphatic rings. The number of carbonyl (C=O) groups excluding carboxylic acids is 1. The molecular formula is C19H22O3. The number of carbonyl (C=O) groups is 1. The van der Waals surface area contributed by atoms with Gasteiger partial charge in [0, 0.05) is 17.5 Å². The maximum atomic E-state index is 12.1. The Kier molecular flexibility index (Phi) is 3.59. The summed E-state index contributed by atoms with van der Waals surface area (Å²) in [5.74, 6) is 2.50. The van der Waals surface area contributed by atoms with E-state index < -0.39 is 0 Å². The number of fused-ring (bicyclic) bond motifs is 1. The van der Waals surface area contributed by atoms with Gasteiger partial charge in [-0.3, -0.25) is 4.79 Å². The van der Waals surface area contributed by atoms with E-state index in [-0.39, 0.29) is 17.1 Å². The summed E-state index contributed by atoms with van der Waals surface area (Å²) in [5, 5.41) is 0. The Bertz CT molecular complexity index is 667. The molecule has 0 aliphatic heterocycles. The molecule has 4 rings (SSSR count). The summed E-state index contributed by atoms with van der Waals surface area (Å²) in [6.45, 7) is 4.39. The minimum absolute atomic E-state index is 0.0928. The van der Waals surface area contributed by atoms with E-state index in [0.717, 1.165) is 29.1 Å². The molecule has 2 atom stereocenters. The second-order valence-electron chi connectivity index (χ2n) is 6.65. The zero-order valence-electron chi connectivity index (χ0n) is 13.6. The van der Waals surface area contributed by atoms with Crippen LogP contribution in [0, 0.1) is 17.3 Å². The molecule has 0 radical (unpaired) electrons. The van der Waals surface area contributed by atoms with Gasteiger partial charge >= 0.3 is 0 Å². The van der Waals surface area contributed by atoms with Crippen LogP contribution in [0.2, 0.25) is 0 Å². The van der Waals surface area contributed by atoms with Crippen molar-refractivity contribution >= 4 is 11.9 Å². The molecule has 1 fully saturated rings. The SMILES string of the molecule is COc1ccc(/C=C/C2=CC(=O)[C@H]3C[C@@H]2C3(C)C)c(OC)c1. The lowest BCUT2D eigenvalue weighted by Crippen LogP contribution is -2.52. The summed E-state index contributed by atoms with van der Waals surface area (Å²) in [6.07, 6.45) is 6.88. The first kappa shape index (κ1) is 14.9. The predicted molar refractivity (Wildman–Crippen MR) is 87.0 cm³/mol. The van der Waals surface area contributed by atoms with E-state index in [9.17, 15) is 4.79 Å². The lowest BCUT2D eigenvalue weighted by atomic mass is 9.48. The normalized spacial score (nSPS) is 25.6. The molecule has 22 heavy (non-hydrogen) atoms. The minimum atomic E-state index is 0.0928. The molecule has 3 aliphatic carbocycles. The molecule has 1 aromatic carbocycles. The van der Waals surface area contributed by atoms with Crippen molar-refractivity contribution in [3.63, 3.8) is 0 Å². The number of rotatable bonds is 4. The Balaban J connectivity index is 1.87. The number of ketones is 1. The first-order valence-electron chi connectivity index (χ1n) is 7.63. The van der Waals surface area contributed by atoms with Crippen molar-refractivity contribution in [3.05, 3.63) is 41.5 Å². The van der Waals surface area contributed by atoms with Gasteiger partial charge in [0.15, 0.2) is 5.78 Å². The highest BCUT2D eigenvalue weighted by atomic mass is 16.5. The second-order valence-corrected chi connectivity index (χ2v) is 6.65. The zero-order chi connectivity index (χ0) is 15.9. The molecule has 3 nitrogen and oxygen atoms in total. The third-order valence-electron chi connectivity index (χ3n) is 5.22. The number of ether oxygens (including phenoxy) is 2. The summed E-state index contributed by atoms with van der Waals surface area (Å²) in [7, 11) is 3.28. The minimum Gasteiger partial charge on any atom is -0.497 e. The topological polar surface area (TPSA) is 35.5 Å². The standard InChI is InChI=1S/C19H22O3/c1-19(2)15-11-16(19)17(20)9-13(15)6-5-12-7-8-14(21-3)10-18(12)22-4/h5-10,15-16H,11H2,1-4H3/b6-5+/t15-,16+/m0/s1. The first-order valence-corrected chi connectivity index (χ1v) is 7.63. The van der Waals surface area contributed by atoms with E-state index in [2.05, 4.69) is 19.9 Å². The number of methoxy groups -OCH3 is 2. The smallest absolute Gasteiger partial charge is 0.159 e. The fourth-order valence-corrected chi connectivity index (χ4v) is 3.65. The molecule has 0 aromatic heterocycles. The fourth-order valence-electron chi connectivity index (χ4n) is 3.65. The van der Waals surface area contributed by atoms with Crippen LogP contribution in [0.3, 0.4) is 0 Å². The third kappa shape index (κ3) is 2.25. The van der Waals surface area contributed by atoms with Gasteiger partial charge < -0.3 is 9.47 Å². The van der Waals surface area contributed by atoms with Crippen LogP contribution in [0.25, 0.3) is 6.08 Å². The average Bonchev–Trinajstić information content (AvgIpc) is 2.51. The van der Waals surface area contributed by atoms with Crippen LogP contribution in [0.1, 0.15) is 25.8 Å². The van der Waals surface area contributed by atoms with Crippen molar-refractivity contribution in [3.8, 4) is 11.5 Å². The predicted octanol–water partition coefficient (Wildman–Crippen LogP) is 3.89. The highest BCUT2D eigenvalue weighted by Gasteiger charge is 2.54. The molecule has 2 bridgehead atoms. The van der Waals surface area contributed by atoms with E-state index in [1.54, 1.807) is 14.2 Å². The summed E-state index contributed by atoms with van der Waals surface area (Å²) in [5.41, 5.74) is 2.21. The molecular weight excluding hydrogens is 276 g/mol. The average molecular weight is 298 g/mol. The molecule has 0 N–H and O–H groups in total. The number of hydrogen-bond donors (Lipinski definition) is 0. The van der Waals surface area contributed by atoms with Crippen LogP contribution in [-0.2, 0) is 4.79 Å². The van der Waals surface area contributed by atoms with Crippen molar-refractivity contribution in [2.45, 2.75) is 20.3 Å². The molecule has 3 heteroatoms. The van der Waals surface area contributed by atoms with Crippen molar-refractivity contribution < 1.29 is 14.3 Å². The fraction of sp³-hybridized carbons (Fsp3) is 0.421. The molecule has 116 valence electrons. The van der Waals surface area contributed by atoms with Crippen LogP contribution in [0.15, 0.2) is 35.9 Å². The molecule has 0 heterocycles. The largest absolute Gasteiger partial charge is 0.497 e. The van der Waals surface area contributed by atoms with Crippen LogP contribution in [0.4, 0.5) is 0 Å². The lowest BCUT2D eigenvalue weighted by Gasteiger charge is -2.54.